The van der Waals surface area contributed by atoms with Crippen molar-refractivity contribution in [1.82, 2.24) is 9.30 Å². The Morgan fingerprint density at radius 1 is 1.44 bits per heavy atom. The molecule has 0 saturated carbocycles. The normalized spacial score (nSPS) is 12.7. The molecule has 0 aromatic carbocycles. The molecule has 0 N–H and O–H groups in total. The van der Waals surface area contributed by atoms with Gasteiger partial charge in [-0.05, 0) is 37.1 Å². The van der Waals surface area contributed by atoms with Gasteiger partial charge in [-0.25, -0.2) is 4.39 Å². The Bertz CT molecular complexity index is 576. The number of halogens is 1. The van der Waals surface area contributed by atoms with E-state index < -0.39 is 0 Å². The first-order chi connectivity index (χ1) is 8.50. The summed E-state index contributed by atoms with van der Waals surface area (Å²) >= 11 is 0. The van der Waals surface area contributed by atoms with E-state index in [1.165, 1.54) is 13.0 Å². The van der Waals surface area contributed by atoms with Crippen LogP contribution < -0.4 is 0 Å². The second kappa shape index (κ2) is 4.80. The number of carbonyl (C=O) groups excluding carboxylic acids is 1. The Morgan fingerprint density at radius 3 is 2.83 bits per heavy atom. The van der Waals surface area contributed by atoms with Crippen LogP contribution in [0.1, 0.15) is 19.4 Å². The Kier molecular flexibility index (Phi) is 3.36. The molecule has 1 unspecified atom stereocenters. The van der Waals surface area contributed by atoms with E-state index in [9.17, 15) is 9.18 Å². The predicted molar refractivity (Wildman–Crippen MR) is 69.0 cm³/mol. The van der Waals surface area contributed by atoms with Crippen LogP contribution in [0.5, 0.6) is 0 Å². The molecule has 2 aromatic rings. The quantitative estimate of drug-likeness (QED) is 0.819. The van der Waals surface area contributed by atoms with E-state index in [0.29, 0.717) is 11.9 Å². The SMILES string of the molecule is CC(=O)N(C)C(C)Cc1ccn2cccc(F)c12. The van der Waals surface area contributed by atoms with E-state index >= 15 is 0 Å². The van der Waals surface area contributed by atoms with Crippen LogP contribution in [-0.4, -0.2) is 28.3 Å². The van der Waals surface area contributed by atoms with Crippen LogP contribution in [0.4, 0.5) is 4.39 Å². The summed E-state index contributed by atoms with van der Waals surface area (Å²) in [5.41, 5.74) is 1.52. The van der Waals surface area contributed by atoms with E-state index in [-0.39, 0.29) is 17.8 Å². The lowest BCUT2D eigenvalue weighted by molar-refractivity contribution is -0.129. The maximum atomic E-state index is 13.8. The van der Waals surface area contributed by atoms with Crippen molar-refractivity contribution < 1.29 is 9.18 Å². The smallest absolute Gasteiger partial charge is 0.219 e. The summed E-state index contributed by atoms with van der Waals surface area (Å²) in [6.07, 6.45) is 4.31. The minimum Gasteiger partial charge on any atom is -0.343 e. The van der Waals surface area contributed by atoms with Gasteiger partial charge in [-0.3, -0.25) is 4.79 Å². The summed E-state index contributed by atoms with van der Waals surface area (Å²) in [6.45, 7) is 3.50. The molecule has 96 valence electrons. The topological polar surface area (TPSA) is 24.7 Å². The fourth-order valence-corrected chi connectivity index (χ4v) is 2.12. The van der Waals surface area contributed by atoms with Crippen LogP contribution in [0.2, 0.25) is 0 Å². The average Bonchev–Trinajstić information content (AvgIpc) is 2.72. The molecule has 0 fully saturated rings. The lowest BCUT2D eigenvalue weighted by Crippen LogP contribution is -2.34. The van der Waals surface area contributed by atoms with Gasteiger partial charge in [0.2, 0.25) is 5.91 Å². The molecule has 1 atom stereocenters. The van der Waals surface area contributed by atoms with E-state index in [0.717, 1.165) is 5.56 Å². The number of aromatic nitrogens is 1. The Morgan fingerprint density at radius 2 is 2.17 bits per heavy atom. The molecule has 2 rings (SSSR count). The van der Waals surface area contributed by atoms with E-state index in [2.05, 4.69) is 0 Å². The maximum absolute atomic E-state index is 13.8. The van der Waals surface area contributed by atoms with Gasteiger partial charge in [-0.15, -0.1) is 0 Å². The van der Waals surface area contributed by atoms with Crippen LogP contribution in [0, 0.1) is 5.82 Å². The van der Waals surface area contributed by atoms with Gasteiger partial charge in [0.15, 0.2) is 0 Å². The second-order valence-corrected chi connectivity index (χ2v) is 4.64. The van der Waals surface area contributed by atoms with Gasteiger partial charge in [0.25, 0.3) is 0 Å². The van der Waals surface area contributed by atoms with Gasteiger partial charge in [-0.2, -0.15) is 0 Å². The molecule has 18 heavy (non-hydrogen) atoms. The van der Waals surface area contributed by atoms with Crippen molar-refractivity contribution in [3.63, 3.8) is 0 Å². The molecule has 3 nitrogen and oxygen atoms in total. The lowest BCUT2D eigenvalue weighted by atomic mass is 10.1. The molecule has 1 amide bonds. The lowest BCUT2D eigenvalue weighted by Gasteiger charge is -2.23. The summed E-state index contributed by atoms with van der Waals surface area (Å²) in [5.74, 6) is -0.207. The number of amides is 1. The number of hydrogen-bond acceptors (Lipinski definition) is 1. The van der Waals surface area contributed by atoms with Crippen molar-refractivity contribution in [2.75, 3.05) is 7.05 Å². The molecule has 2 heterocycles. The van der Waals surface area contributed by atoms with Gasteiger partial charge in [0.05, 0.1) is 5.52 Å². The largest absolute Gasteiger partial charge is 0.343 e. The third kappa shape index (κ3) is 2.23. The second-order valence-electron chi connectivity index (χ2n) is 4.64. The average molecular weight is 248 g/mol. The van der Waals surface area contributed by atoms with Crippen molar-refractivity contribution in [2.24, 2.45) is 0 Å². The van der Waals surface area contributed by atoms with Crippen LogP contribution in [-0.2, 0) is 11.2 Å². The van der Waals surface area contributed by atoms with Crippen molar-refractivity contribution in [3.05, 3.63) is 42.0 Å². The highest BCUT2D eigenvalue weighted by molar-refractivity contribution is 5.73. The van der Waals surface area contributed by atoms with Crippen molar-refractivity contribution in [3.8, 4) is 0 Å². The Hall–Kier alpha value is -1.84. The molecule has 0 aliphatic carbocycles. The predicted octanol–water partition coefficient (Wildman–Crippen LogP) is 2.49. The molecule has 2 aromatic heterocycles. The standard InChI is InChI=1S/C14H17FN2O/c1-10(16(3)11(2)18)9-12-6-8-17-7-4-5-13(15)14(12)17/h4-8,10H,9H2,1-3H3. The first kappa shape index (κ1) is 12.6. The zero-order chi connectivity index (χ0) is 13.3. The zero-order valence-electron chi connectivity index (χ0n) is 10.9. The molecular formula is C14H17FN2O. The van der Waals surface area contributed by atoms with Gasteiger partial charge in [-0.1, -0.05) is 0 Å². The van der Waals surface area contributed by atoms with Crippen LogP contribution in [0.25, 0.3) is 5.52 Å². The number of pyridine rings is 1. The molecule has 0 bridgehead atoms. The molecule has 0 spiro atoms. The fourth-order valence-electron chi connectivity index (χ4n) is 2.12. The summed E-state index contributed by atoms with van der Waals surface area (Å²) in [7, 11) is 1.77. The molecule has 0 radical (unpaired) electrons. The van der Waals surface area contributed by atoms with E-state index in [4.69, 9.17) is 0 Å². The fraction of sp³-hybridized carbons (Fsp3) is 0.357. The minimum absolute atomic E-state index is 0.0199. The highest BCUT2D eigenvalue weighted by Gasteiger charge is 2.15. The van der Waals surface area contributed by atoms with Gasteiger partial charge >= 0.3 is 0 Å². The van der Waals surface area contributed by atoms with Crippen LogP contribution in [0.3, 0.4) is 0 Å². The molecule has 0 aliphatic heterocycles. The van der Waals surface area contributed by atoms with E-state index in [1.807, 2.05) is 25.4 Å². The Balaban J connectivity index is 2.30. The summed E-state index contributed by atoms with van der Waals surface area (Å²) in [6, 6.07) is 5.09. The minimum atomic E-state index is -0.227. The number of fused-ring (bicyclic) bond motifs is 1. The number of rotatable bonds is 3. The summed E-state index contributed by atoms with van der Waals surface area (Å²) < 4.78 is 15.6. The first-order valence-corrected chi connectivity index (χ1v) is 5.98. The highest BCUT2D eigenvalue weighted by atomic mass is 19.1. The summed E-state index contributed by atoms with van der Waals surface area (Å²) in [5, 5.41) is 0. The van der Waals surface area contributed by atoms with Crippen molar-refractivity contribution in [2.45, 2.75) is 26.3 Å². The third-order valence-electron chi connectivity index (χ3n) is 3.39. The monoisotopic (exact) mass is 248 g/mol. The summed E-state index contributed by atoms with van der Waals surface area (Å²) in [4.78, 5) is 13.0. The van der Waals surface area contributed by atoms with Gasteiger partial charge in [0, 0.05) is 32.4 Å². The number of hydrogen-bond donors (Lipinski definition) is 0. The molecular weight excluding hydrogens is 231 g/mol. The third-order valence-corrected chi connectivity index (χ3v) is 3.39. The first-order valence-electron chi connectivity index (χ1n) is 5.98. The molecule has 0 saturated heterocycles. The van der Waals surface area contributed by atoms with Crippen LogP contribution in [0.15, 0.2) is 30.6 Å². The van der Waals surface area contributed by atoms with Crippen molar-refractivity contribution in [1.29, 1.82) is 0 Å². The van der Waals surface area contributed by atoms with E-state index in [1.54, 1.807) is 22.4 Å². The molecule has 4 heteroatoms. The van der Waals surface area contributed by atoms with Gasteiger partial charge < -0.3 is 9.30 Å². The van der Waals surface area contributed by atoms with Crippen LogP contribution >= 0.6 is 0 Å². The number of likely N-dealkylation sites (N-methyl/N-ethyl adjacent to an activating group) is 1. The number of carbonyl (C=O) groups is 1. The Labute approximate surface area is 106 Å². The number of nitrogens with zero attached hydrogens (tertiary/aromatic N) is 2. The maximum Gasteiger partial charge on any atom is 0.219 e. The zero-order valence-corrected chi connectivity index (χ0v) is 10.9. The van der Waals surface area contributed by atoms with Crippen molar-refractivity contribution >= 4 is 11.4 Å². The van der Waals surface area contributed by atoms with Gasteiger partial charge in [0.1, 0.15) is 5.82 Å². The highest BCUT2D eigenvalue weighted by Crippen LogP contribution is 2.19. The molecule has 0 aliphatic rings.